The Morgan fingerprint density at radius 3 is 2.39 bits per heavy atom. The van der Waals surface area contributed by atoms with Crippen LogP contribution in [0.4, 0.5) is 5.82 Å². The van der Waals surface area contributed by atoms with Gasteiger partial charge in [-0.25, -0.2) is 9.97 Å². The topological polar surface area (TPSA) is 58.1 Å². The number of nitrogens with one attached hydrogen (secondary N) is 1. The molecule has 1 N–H and O–H groups in total. The van der Waals surface area contributed by atoms with E-state index in [0.29, 0.717) is 24.6 Å². The van der Waals surface area contributed by atoms with Gasteiger partial charge < -0.3 is 10.2 Å². The second kappa shape index (κ2) is 5.80. The molecule has 0 saturated carbocycles. The number of hydrogen-bond donors (Lipinski definition) is 1. The maximum atomic E-state index is 12.1. The molecule has 0 aliphatic rings. The Balaban J connectivity index is 2.91. The predicted molar refractivity (Wildman–Crippen MR) is 72.7 cm³/mol. The van der Waals surface area contributed by atoms with Gasteiger partial charge in [0.05, 0.1) is 0 Å². The van der Waals surface area contributed by atoms with Gasteiger partial charge in [-0.05, 0) is 34.6 Å². The third kappa shape index (κ3) is 3.98. The predicted octanol–water partition coefficient (Wildman–Crippen LogP) is 2.17. The summed E-state index contributed by atoms with van der Waals surface area (Å²) in [6.07, 6.45) is 1.42. The second-order valence-electron chi connectivity index (χ2n) is 5.14. The van der Waals surface area contributed by atoms with Gasteiger partial charge in [0.2, 0.25) is 0 Å². The summed E-state index contributed by atoms with van der Waals surface area (Å²) in [5.41, 5.74) is 0.338. The van der Waals surface area contributed by atoms with Crippen molar-refractivity contribution in [2.45, 2.75) is 40.2 Å². The molecular formula is C13H22N4O. The van der Waals surface area contributed by atoms with E-state index in [1.807, 2.05) is 34.6 Å². The molecule has 0 saturated heterocycles. The molecule has 0 aromatic carbocycles. The minimum Gasteiger partial charge on any atom is -0.365 e. The molecule has 0 bridgehead atoms. The Labute approximate surface area is 109 Å². The van der Waals surface area contributed by atoms with Crippen LogP contribution in [0, 0.1) is 0 Å². The SMILES string of the molecule is CCN(CC)C(=O)c1cc(NC(C)(C)C)ncn1. The van der Waals surface area contributed by atoms with E-state index in [2.05, 4.69) is 15.3 Å². The maximum absolute atomic E-state index is 12.1. The van der Waals surface area contributed by atoms with Crippen molar-refractivity contribution >= 4 is 11.7 Å². The lowest BCUT2D eigenvalue weighted by atomic mass is 10.1. The molecule has 1 amide bonds. The molecule has 1 heterocycles. The van der Waals surface area contributed by atoms with Crippen molar-refractivity contribution in [3.05, 3.63) is 18.1 Å². The molecule has 1 aromatic rings. The molecule has 1 rings (SSSR count). The molecule has 1 aromatic heterocycles. The lowest BCUT2D eigenvalue weighted by Crippen LogP contribution is -2.31. The maximum Gasteiger partial charge on any atom is 0.272 e. The molecule has 0 atom stereocenters. The van der Waals surface area contributed by atoms with E-state index < -0.39 is 0 Å². The minimum atomic E-state index is -0.0934. The van der Waals surface area contributed by atoms with E-state index in [9.17, 15) is 4.79 Å². The van der Waals surface area contributed by atoms with Crippen LogP contribution < -0.4 is 5.32 Å². The fraction of sp³-hybridized carbons (Fsp3) is 0.615. The minimum absolute atomic E-state index is 0.0561. The van der Waals surface area contributed by atoms with Crippen LogP contribution in [0.15, 0.2) is 12.4 Å². The Morgan fingerprint density at radius 2 is 1.89 bits per heavy atom. The Kier molecular flexibility index (Phi) is 4.64. The summed E-state index contributed by atoms with van der Waals surface area (Å²) in [5.74, 6) is 0.618. The van der Waals surface area contributed by atoms with Crippen LogP contribution in [0.1, 0.15) is 45.1 Å². The normalized spacial score (nSPS) is 11.2. The molecule has 100 valence electrons. The average Bonchev–Trinajstić information content (AvgIpc) is 2.28. The largest absolute Gasteiger partial charge is 0.365 e. The standard InChI is InChI=1S/C13H22N4O/c1-6-17(7-2)12(18)10-8-11(15-9-14-10)16-13(3,4)5/h8-9H,6-7H2,1-5H3,(H,14,15,16). The van der Waals surface area contributed by atoms with Crippen molar-refractivity contribution in [3.63, 3.8) is 0 Å². The van der Waals surface area contributed by atoms with Crippen molar-refractivity contribution < 1.29 is 4.79 Å². The summed E-state index contributed by atoms with van der Waals surface area (Å²) in [6.45, 7) is 11.4. The summed E-state index contributed by atoms with van der Waals surface area (Å²) in [5, 5.41) is 3.23. The van der Waals surface area contributed by atoms with E-state index in [1.54, 1.807) is 11.0 Å². The number of carbonyl (C=O) groups excluding carboxylic acids is 1. The molecule has 0 fully saturated rings. The van der Waals surface area contributed by atoms with Gasteiger partial charge in [-0.3, -0.25) is 4.79 Å². The van der Waals surface area contributed by atoms with E-state index in [1.165, 1.54) is 6.33 Å². The summed E-state index contributed by atoms with van der Waals surface area (Å²) in [6, 6.07) is 1.70. The zero-order valence-electron chi connectivity index (χ0n) is 11.8. The first kappa shape index (κ1) is 14.4. The molecule has 0 radical (unpaired) electrons. The van der Waals surface area contributed by atoms with Crippen LogP contribution in [0.5, 0.6) is 0 Å². The molecular weight excluding hydrogens is 228 g/mol. The third-order valence-corrected chi connectivity index (χ3v) is 2.44. The van der Waals surface area contributed by atoms with E-state index >= 15 is 0 Å². The monoisotopic (exact) mass is 250 g/mol. The van der Waals surface area contributed by atoms with Crippen LogP contribution in [-0.2, 0) is 0 Å². The Bertz CT molecular complexity index is 408. The number of hydrogen-bond acceptors (Lipinski definition) is 4. The highest BCUT2D eigenvalue weighted by atomic mass is 16.2. The number of nitrogens with zero attached hydrogens (tertiary/aromatic N) is 3. The zero-order chi connectivity index (χ0) is 13.8. The number of carbonyl (C=O) groups is 1. The zero-order valence-corrected chi connectivity index (χ0v) is 11.8. The van der Waals surface area contributed by atoms with Gasteiger partial charge in [0.1, 0.15) is 17.8 Å². The van der Waals surface area contributed by atoms with Crippen LogP contribution in [0.3, 0.4) is 0 Å². The van der Waals surface area contributed by atoms with Crippen molar-refractivity contribution in [2.24, 2.45) is 0 Å². The van der Waals surface area contributed by atoms with Crippen LogP contribution in [0.2, 0.25) is 0 Å². The van der Waals surface area contributed by atoms with E-state index in [-0.39, 0.29) is 11.4 Å². The Morgan fingerprint density at radius 1 is 1.28 bits per heavy atom. The summed E-state index contributed by atoms with van der Waals surface area (Å²) >= 11 is 0. The lowest BCUT2D eigenvalue weighted by Gasteiger charge is -2.22. The third-order valence-electron chi connectivity index (χ3n) is 2.44. The van der Waals surface area contributed by atoms with Gasteiger partial charge in [-0.15, -0.1) is 0 Å². The molecule has 5 nitrogen and oxygen atoms in total. The molecule has 0 unspecified atom stereocenters. The smallest absolute Gasteiger partial charge is 0.272 e. The van der Waals surface area contributed by atoms with Crippen LogP contribution in [-0.4, -0.2) is 39.4 Å². The average molecular weight is 250 g/mol. The second-order valence-corrected chi connectivity index (χ2v) is 5.14. The molecule has 0 aliphatic heterocycles. The number of rotatable bonds is 4. The van der Waals surface area contributed by atoms with Crippen LogP contribution in [0.25, 0.3) is 0 Å². The number of amides is 1. The highest BCUT2D eigenvalue weighted by Crippen LogP contribution is 2.13. The summed E-state index contributed by atoms with van der Waals surface area (Å²) in [4.78, 5) is 22.0. The van der Waals surface area contributed by atoms with Crippen LogP contribution >= 0.6 is 0 Å². The van der Waals surface area contributed by atoms with Gasteiger partial charge in [0.15, 0.2) is 0 Å². The van der Waals surface area contributed by atoms with E-state index in [4.69, 9.17) is 0 Å². The molecule has 5 heteroatoms. The summed E-state index contributed by atoms with van der Waals surface area (Å²) in [7, 11) is 0. The van der Waals surface area contributed by atoms with Crippen molar-refractivity contribution in [1.82, 2.24) is 14.9 Å². The van der Waals surface area contributed by atoms with Crippen molar-refractivity contribution in [3.8, 4) is 0 Å². The first-order chi connectivity index (χ1) is 8.37. The first-order valence-electron chi connectivity index (χ1n) is 6.27. The fourth-order valence-corrected chi connectivity index (χ4v) is 1.60. The summed E-state index contributed by atoms with van der Waals surface area (Å²) < 4.78 is 0. The van der Waals surface area contributed by atoms with Gasteiger partial charge in [0.25, 0.3) is 5.91 Å². The number of aromatic nitrogens is 2. The Hall–Kier alpha value is -1.65. The van der Waals surface area contributed by atoms with E-state index in [0.717, 1.165) is 0 Å². The quantitative estimate of drug-likeness (QED) is 0.889. The highest BCUT2D eigenvalue weighted by Gasteiger charge is 2.16. The van der Waals surface area contributed by atoms with Gasteiger partial charge in [0, 0.05) is 24.7 Å². The first-order valence-corrected chi connectivity index (χ1v) is 6.27. The molecule has 0 aliphatic carbocycles. The van der Waals surface area contributed by atoms with Crippen molar-refractivity contribution in [1.29, 1.82) is 0 Å². The fourth-order valence-electron chi connectivity index (χ4n) is 1.60. The van der Waals surface area contributed by atoms with Crippen molar-refractivity contribution in [2.75, 3.05) is 18.4 Å². The number of anilines is 1. The molecule has 0 spiro atoms. The van der Waals surface area contributed by atoms with Gasteiger partial charge in [-0.1, -0.05) is 0 Å². The van der Waals surface area contributed by atoms with Gasteiger partial charge in [-0.2, -0.15) is 0 Å². The molecule has 18 heavy (non-hydrogen) atoms. The lowest BCUT2D eigenvalue weighted by molar-refractivity contribution is 0.0767. The van der Waals surface area contributed by atoms with Gasteiger partial charge >= 0.3 is 0 Å². The highest BCUT2D eigenvalue weighted by molar-refractivity contribution is 5.92.